The van der Waals surface area contributed by atoms with Crippen LogP contribution in [0.25, 0.3) is 0 Å². The number of nitrogens with zero attached hydrogens (tertiary/aromatic N) is 2. The van der Waals surface area contributed by atoms with Crippen molar-refractivity contribution < 1.29 is 9.59 Å². The molecule has 6 heteroatoms. The summed E-state index contributed by atoms with van der Waals surface area (Å²) in [7, 11) is 0. The summed E-state index contributed by atoms with van der Waals surface area (Å²) < 4.78 is 0. The van der Waals surface area contributed by atoms with Crippen molar-refractivity contribution in [1.82, 2.24) is 10.2 Å². The van der Waals surface area contributed by atoms with Gasteiger partial charge in [-0.05, 0) is 49.9 Å². The summed E-state index contributed by atoms with van der Waals surface area (Å²) in [6, 6.07) is 7.76. The normalized spacial score (nSPS) is 14.4. The molecule has 0 spiro atoms. The molecule has 132 valence electrons. The fourth-order valence-electron chi connectivity index (χ4n) is 2.64. The number of benzene rings is 1. The molecule has 1 aliphatic rings. The van der Waals surface area contributed by atoms with Gasteiger partial charge in [0.05, 0.1) is 0 Å². The molecule has 1 heterocycles. The zero-order valence-corrected chi connectivity index (χ0v) is 14.8. The van der Waals surface area contributed by atoms with E-state index >= 15 is 0 Å². The van der Waals surface area contributed by atoms with E-state index in [0.717, 1.165) is 24.2 Å². The first kappa shape index (κ1) is 18.5. The maximum atomic E-state index is 12.1. The van der Waals surface area contributed by atoms with Crippen LogP contribution in [0.3, 0.4) is 0 Å². The highest BCUT2D eigenvalue weighted by Gasteiger charge is 2.19. The van der Waals surface area contributed by atoms with Crippen molar-refractivity contribution >= 4 is 17.5 Å². The average molecular weight is 340 g/mol. The number of aryl methyl sites for hydroxylation is 2. The Morgan fingerprint density at radius 2 is 2.16 bits per heavy atom. The predicted molar refractivity (Wildman–Crippen MR) is 96.7 cm³/mol. The molecule has 1 saturated heterocycles. The lowest BCUT2D eigenvalue weighted by Gasteiger charge is -2.15. The molecule has 1 aromatic carbocycles. The summed E-state index contributed by atoms with van der Waals surface area (Å²) >= 11 is 0. The molecule has 0 atom stereocenters. The third-order valence-electron chi connectivity index (χ3n) is 4.32. The van der Waals surface area contributed by atoms with E-state index < -0.39 is 5.91 Å². The third-order valence-corrected chi connectivity index (χ3v) is 4.32. The van der Waals surface area contributed by atoms with Gasteiger partial charge in [0.15, 0.2) is 0 Å². The molecule has 0 unspecified atom stereocenters. The van der Waals surface area contributed by atoms with Crippen LogP contribution < -0.4 is 10.6 Å². The maximum absolute atomic E-state index is 12.1. The van der Waals surface area contributed by atoms with Crippen molar-refractivity contribution in [2.24, 2.45) is 0 Å². The van der Waals surface area contributed by atoms with Crippen LogP contribution in [0.15, 0.2) is 30.0 Å². The monoisotopic (exact) mass is 340 g/mol. The van der Waals surface area contributed by atoms with Gasteiger partial charge in [-0.15, -0.1) is 0 Å². The van der Waals surface area contributed by atoms with Crippen LogP contribution in [0.5, 0.6) is 0 Å². The lowest BCUT2D eigenvalue weighted by molar-refractivity contribution is -0.127. The Morgan fingerprint density at radius 1 is 1.36 bits per heavy atom. The Balaban J connectivity index is 1.80. The number of carbonyl (C=O) groups is 2. The summed E-state index contributed by atoms with van der Waals surface area (Å²) in [5.74, 6) is -0.229. The first-order valence-corrected chi connectivity index (χ1v) is 8.51. The first-order chi connectivity index (χ1) is 12.0. The molecule has 0 aliphatic carbocycles. The van der Waals surface area contributed by atoms with Gasteiger partial charge < -0.3 is 15.5 Å². The minimum atomic E-state index is -0.411. The van der Waals surface area contributed by atoms with Crippen molar-refractivity contribution in [3.8, 4) is 6.07 Å². The molecule has 0 aromatic heterocycles. The van der Waals surface area contributed by atoms with Crippen LogP contribution in [0, 0.1) is 25.2 Å². The SMILES string of the molecule is Cc1ccc(N/C=C(/C#N)C(=O)NCCCN2CCCC2=O)cc1C. The zero-order valence-electron chi connectivity index (χ0n) is 14.8. The highest BCUT2D eigenvalue weighted by molar-refractivity contribution is 5.97. The smallest absolute Gasteiger partial charge is 0.263 e. The molecular formula is C19H24N4O2. The molecule has 2 amide bonds. The minimum Gasteiger partial charge on any atom is -0.360 e. The van der Waals surface area contributed by atoms with E-state index in [1.165, 1.54) is 11.8 Å². The molecule has 6 nitrogen and oxygen atoms in total. The van der Waals surface area contributed by atoms with Gasteiger partial charge in [-0.2, -0.15) is 5.26 Å². The number of carbonyl (C=O) groups excluding carboxylic acids is 2. The summed E-state index contributed by atoms with van der Waals surface area (Å²) in [6.45, 7) is 5.92. The Kier molecular flexibility index (Phi) is 6.58. The number of anilines is 1. The lowest BCUT2D eigenvalue weighted by atomic mass is 10.1. The van der Waals surface area contributed by atoms with Crippen molar-refractivity contribution in [3.05, 3.63) is 41.1 Å². The van der Waals surface area contributed by atoms with E-state index in [2.05, 4.69) is 10.6 Å². The van der Waals surface area contributed by atoms with Gasteiger partial charge in [0.1, 0.15) is 11.6 Å². The third kappa shape index (κ3) is 5.35. The standard InChI is InChI=1S/C19H24N4O2/c1-14-6-7-17(11-15(14)2)22-13-16(12-20)19(25)21-8-4-10-23-9-3-5-18(23)24/h6-7,11,13,22H,3-5,8-10H2,1-2H3,(H,21,25)/b16-13-. The first-order valence-electron chi connectivity index (χ1n) is 8.51. The van der Waals surface area contributed by atoms with Gasteiger partial charge in [0.2, 0.25) is 5.91 Å². The Labute approximate surface area is 148 Å². The number of hydrogen-bond acceptors (Lipinski definition) is 4. The lowest BCUT2D eigenvalue weighted by Crippen LogP contribution is -2.31. The van der Waals surface area contributed by atoms with E-state index in [1.807, 2.05) is 43.0 Å². The summed E-state index contributed by atoms with van der Waals surface area (Å²) in [5, 5.41) is 14.9. The fourth-order valence-corrected chi connectivity index (χ4v) is 2.64. The second-order valence-electron chi connectivity index (χ2n) is 6.21. The molecular weight excluding hydrogens is 316 g/mol. The van der Waals surface area contributed by atoms with E-state index in [9.17, 15) is 9.59 Å². The minimum absolute atomic E-state index is 0.0236. The van der Waals surface area contributed by atoms with Crippen LogP contribution in [0.2, 0.25) is 0 Å². The van der Waals surface area contributed by atoms with E-state index in [0.29, 0.717) is 25.9 Å². The number of nitrogens with one attached hydrogen (secondary N) is 2. The number of hydrogen-bond donors (Lipinski definition) is 2. The van der Waals surface area contributed by atoms with Crippen LogP contribution in [0.1, 0.15) is 30.4 Å². The second kappa shape index (κ2) is 8.88. The molecule has 1 aromatic rings. The van der Waals surface area contributed by atoms with E-state index in [-0.39, 0.29) is 11.5 Å². The van der Waals surface area contributed by atoms with Gasteiger partial charge in [0, 0.05) is 37.9 Å². The largest absolute Gasteiger partial charge is 0.360 e. The summed E-state index contributed by atoms with van der Waals surface area (Å²) in [5.41, 5.74) is 3.17. The number of nitriles is 1. The van der Waals surface area contributed by atoms with Crippen LogP contribution in [0.4, 0.5) is 5.69 Å². The van der Waals surface area contributed by atoms with Crippen molar-refractivity contribution in [2.45, 2.75) is 33.1 Å². The summed E-state index contributed by atoms with van der Waals surface area (Å²) in [4.78, 5) is 25.4. The molecule has 0 saturated carbocycles. The number of amides is 2. The highest BCUT2D eigenvalue weighted by atomic mass is 16.2. The van der Waals surface area contributed by atoms with Crippen LogP contribution in [-0.4, -0.2) is 36.3 Å². The van der Waals surface area contributed by atoms with Gasteiger partial charge in [-0.1, -0.05) is 6.07 Å². The fraction of sp³-hybridized carbons (Fsp3) is 0.421. The molecule has 1 fully saturated rings. The van der Waals surface area contributed by atoms with Gasteiger partial charge in [-0.3, -0.25) is 9.59 Å². The average Bonchev–Trinajstić information content (AvgIpc) is 3.00. The Morgan fingerprint density at radius 3 is 2.80 bits per heavy atom. The van der Waals surface area contributed by atoms with Crippen molar-refractivity contribution in [3.63, 3.8) is 0 Å². The summed E-state index contributed by atoms with van der Waals surface area (Å²) in [6.07, 6.45) is 3.64. The van der Waals surface area contributed by atoms with E-state index in [4.69, 9.17) is 5.26 Å². The van der Waals surface area contributed by atoms with Gasteiger partial charge >= 0.3 is 0 Å². The number of likely N-dealkylation sites (tertiary alicyclic amines) is 1. The molecule has 0 radical (unpaired) electrons. The second-order valence-corrected chi connectivity index (χ2v) is 6.21. The molecule has 0 bridgehead atoms. The van der Waals surface area contributed by atoms with Crippen molar-refractivity contribution in [2.75, 3.05) is 25.0 Å². The molecule has 2 rings (SSSR count). The molecule has 2 N–H and O–H groups in total. The van der Waals surface area contributed by atoms with Gasteiger partial charge in [0.25, 0.3) is 5.91 Å². The quantitative estimate of drug-likeness (QED) is 0.453. The maximum Gasteiger partial charge on any atom is 0.263 e. The zero-order chi connectivity index (χ0) is 18.2. The molecule has 1 aliphatic heterocycles. The highest BCUT2D eigenvalue weighted by Crippen LogP contribution is 2.14. The predicted octanol–water partition coefficient (Wildman–Crippen LogP) is 2.25. The van der Waals surface area contributed by atoms with Crippen molar-refractivity contribution in [1.29, 1.82) is 5.26 Å². The van der Waals surface area contributed by atoms with Crippen LogP contribution >= 0.6 is 0 Å². The van der Waals surface area contributed by atoms with Gasteiger partial charge in [-0.25, -0.2) is 0 Å². The van der Waals surface area contributed by atoms with Crippen LogP contribution in [-0.2, 0) is 9.59 Å². The topological polar surface area (TPSA) is 85.2 Å². The Hall–Kier alpha value is -2.81. The number of rotatable bonds is 7. The molecule has 25 heavy (non-hydrogen) atoms. The van der Waals surface area contributed by atoms with E-state index in [1.54, 1.807) is 0 Å². The Bertz CT molecular complexity index is 719.